The Balaban J connectivity index is 1.65. The minimum Gasteiger partial charge on any atom is -0.376 e. The first-order valence-corrected chi connectivity index (χ1v) is 9.08. The number of hydrogen-bond donors (Lipinski definition) is 1. The topological polar surface area (TPSA) is 65.4 Å². The molecule has 3 aliphatic rings. The van der Waals surface area contributed by atoms with E-state index in [-0.39, 0.29) is 23.0 Å². The number of nitriles is 1. The highest BCUT2D eigenvalue weighted by Crippen LogP contribution is 2.52. The Bertz CT molecular complexity index is 572. The molecule has 2 bridgehead atoms. The standard InChI is InChI=1S/C19H29N3O2/c1-18(2)7-15-8-19(3,12-18)13-22(15)11-14(9-20)17(23)21-10-16-5-4-6-24-16/h11,15-16H,4-8,10,12-13H2,1-3H3,(H,21,23)/b14-11-. The van der Waals surface area contributed by atoms with Crippen LogP contribution in [-0.4, -0.2) is 42.6 Å². The molecule has 0 aromatic heterocycles. The summed E-state index contributed by atoms with van der Waals surface area (Å²) in [4.78, 5) is 14.6. The molecule has 5 nitrogen and oxygen atoms in total. The Labute approximate surface area is 145 Å². The molecule has 1 N–H and O–H groups in total. The fourth-order valence-corrected chi connectivity index (χ4v) is 5.07. The first-order chi connectivity index (χ1) is 11.3. The Hall–Kier alpha value is -1.54. The van der Waals surface area contributed by atoms with Crippen molar-refractivity contribution in [3.63, 3.8) is 0 Å². The van der Waals surface area contributed by atoms with Crippen LogP contribution in [0, 0.1) is 22.2 Å². The van der Waals surface area contributed by atoms with Gasteiger partial charge in [0, 0.05) is 31.9 Å². The predicted octanol–water partition coefficient (Wildman–Crippen LogP) is 2.59. The van der Waals surface area contributed by atoms with Crippen molar-refractivity contribution in [2.24, 2.45) is 10.8 Å². The number of rotatable bonds is 4. The van der Waals surface area contributed by atoms with Crippen LogP contribution in [0.5, 0.6) is 0 Å². The van der Waals surface area contributed by atoms with E-state index in [1.807, 2.05) is 0 Å². The minimum atomic E-state index is -0.279. The second-order valence-electron chi connectivity index (χ2n) is 8.89. The molecule has 2 heterocycles. The van der Waals surface area contributed by atoms with Crippen molar-refractivity contribution in [2.75, 3.05) is 19.7 Å². The predicted molar refractivity (Wildman–Crippen MR) is 91.9 cm³/mol. The molecule has 3 rings (SSSR count). The van der Waals surface area contributed by atoms with Gasteiger partial charge in [0.15, 0.2) is 0 Å². The summed E-state index contributed by atoms with van der Waals surface area (Å²) >= 11 is 0. The SMILES string of the molecule is CC1(C)CC2CC(C)(CN2/C=C(/C#N)C(=O)NCC2CCCO2)C1. The summed E-state index contributed by atoms with van der Waals surface area (Å²) in [5.74, 6) is -0.279. The highest BCUT2D eigenvalue weighted by molar-refractivity contribution is 5.97. The Kier molecular flexibility index (Phi) is 4.61. The normalized spacial score (nSPS) is 34.9. The molecular weight excluding hydrogens is 302 g/mol. The van der Waals surface area contributed by atoms with Crippen LogP contribution in [0.1, 0.15) is 52.9 Å². The molecule has 0 aromatic rings. The van der Waals surface area contributed by atoms with Crippen LogP contribution < -0.4 is 5.32 Å². The van der Waals surface area contributed by atoms with Gasteiger partial charge in [-0.2, -0.15) is 5.26 Å². The van der Waals surface area contributed by atoms with Gasteiger partial charge in [-0.3, -0.25) is 4.79 Å². The lowest BCUT2D eigenvalue weighted by atomic mass is 9.65. The van der Waals surface area contributed by atoms with Gasteiger partial charge in [0.05, 0.1) is 6.10 Å². The van der Waals surface area contributed by atoms with E-state index in [1.54, 1.807) is 6.20 Å². The van der Waals surface area contributed by atoms with E-state index in [4.69, 9.17) is 4.74 Å². The fraction of sp³-hybridized carbons (Fsp3) is 0.789. The van der Waals surface area contributed by atoms with E-state index in [9.17, 15) is 10.1 Å². The van der Waals surface area contributed by atoms with Crippen LogP contribution in [0.25, 0.3) is 0 Å². The third kappa shape index (κ3) is 3.75. The summed E-state index contributed by atoms with van der Waals surface area (Å²) in [6, 6.07) is 2.52. The zero-order valence-electron chi connectivity index (χ0n) is 15.1. The zero-order valence-corrected chi connectivity index (χ0v) is 15.1. The second kappa shape index (κ2) is 6.40. The van der Waals surface area contributed by atoms with E-state index in [0.717, 1.165) is 38.8 Å². The van der Waals surface area contributed by atoms with Gasteiger partial charge in [-0.25, -0.2) is 0 Å². The van der Waals surface area contributed by atoms with Gasteiger partial charge in [0.1, 0.15) is 11.6 Å². The Morgan fingerprint density at radius 1 is 1.42 bits per heavy atom. The van der Waals surface area contributed by atoms with E-state index in [2.05, 4.69) is 37.1 Å². The lowest BCUT2D eigenvalue weighted by molar-refractivity contribution is -0.117. The number of carbonyl (C=O) groups is 1. The second-order valence-corrected chi connectivity index (χ2v) is 8.89. The van der Waals surface area contributed by atoms with Crippen molar-refractivity contribution in [3.05, 3.63) is 11.8 Å². The number of fused-ring (bicyclic) bond motifs is 2. The highest BCUT2D eigenvalue weighted by atomic mass is 16.5. The highest BCUT2D eigenvalue weighted by Gasteiger charge is 2.48. The number of likely N-dealkylation sites (tertiary alicyclic amines) is 1. The molecule has 3 unspecified atom stereocenters. The molecule has 1 amide bonds. The third-order valence-corrected chi connectivity index (χ3v) is 5.63. The molecule has 3 fully saturated rings. The Morgan fingerprint density at radius 3 is 2.88 bits per heavy atom. The number of amides is 1. The molecular formula is C19H29N3O2. The minimum absolute atomic E-state index is 0.0969. The average molecular weight is 331 g/mol. The summed E-state index contributed by atoms with van der Waals surface area (Å²) in [5, 5.41) is 12.3. The smallest absolute Gasteiger partial charge is 0.263 e. The van der Waals surface area contributed by atoms with Crippen LogP contribution in [0.4, 0.5) is 0 Å². The van der Waals surface area contributed by atoms with Crippen molar-refractivity contribution in [1.29, 1.82) is 5.26 Å². The summed E-state index contributed by atoms with van der Waals surface area (Å²) in [7, 11) is 0. The summed E-state index contributed by atoms with van der Waals surface area (Å²) in [6.45, 7) is 9.18. The van der Waals surface area contributed by atoms with E-state index >= 15 is 0 Å². The van der Waals surface area contributed by atoms with Gasteiger partial charge >= 0.3 is 0 Å². The largest absolute Gasteiger partial charge is 0.376 e. The molecule has 132 valence electrons. The molecule has 5 heteroatoms. The van der Waals surface area contributed by atoms with E-state index in [1.165, 1.54) is 6.42 Å². The number of hydrogen-bond acceptors (Lipinski definition) is 4. The zero-order chi connectivity index (χ0) is 17.4. The van der Waals surface area contributed by atoms with Crippen molar-refractivity contribution in [1.82, 2.24) is 10.2 Å². The van der Waals surface area contributed by atoms with E-state index < -0.39 is 0 Å². The van der Waals surface area contributed by atoms with Gasteiger partial charge < -0.3 is 15.0 Å². The molecule has 1 aliphatic carbocycles. The third-order valence-electron chi connectivity index (χ3n) is 5.63. The van der Waals surface area contributed by atoms with Crippen LogP contribution in [0.15, 0.2) is 11.8 Å². The molecule has 1 saturated carbocycles. The van der Waals surface area contributed by atoms with Gasteiger partial charge in [0.2, 0.25) is 0 Å². The van der Waals surface area contributed by atoms with Crippen LogP contribution in [0.2, 0.25) is 0 Å². The first kappa shape index (κ1) is 17.3. The van der Waals surface area contributed by atoms with Gasteiger partial charge in [-0.15, -0.1) is 0 Å². The van der Waals surface area contributed by atoms with Crippen LogP contribution >= 0.6 is 0 Å². The van der Waals surface area contributed by atoms with Crippen molar-refractivity contribution in [2.45, 2.75) is 65.0 Å². The number of ether oxygens (including phenoxy) is 1. The molecule has 2 aliphatic heterocycles. The Morgan fingerprint density at radius 2 is 2.21 bits per heavy atom. The summed E-state index contributed by atoms with van der Waals surface area (Å²) in [5.41, 5.74) is 0.828. The van der Waals surface area contributed by atoms with Crippen LogP contribution in [-0.2, 0) is 9.53 Å². The van der Waals surface area contributed by atoms with Crippen molar-refractivity contribution < 1.29 is 9.53 Å². The molecule has 0 aromatic carbocycles. The first-order valence-electron chi connectivity index (χ1n) is 9.08. The molecule has 3 atom stereocenters. The summed E-state index contributed by atoms with van der Waals surface area (Å²) < 4.78 is 5.52. The molecule has 2 saturated heterocycles. The lowest BCUT2D eigenvalue weighted by Gasteiger charge is -2.39. The number of nitrogens with zero attached hydrogens (tertiary/aromatic N) is 2. The van der Waals surface area contributed by atoms with Crippen molar-refractivity contribution >= 4 is 5.91 Å². The summed E-state index contributed by atoms with van der Waals surface area (Å²) in [6.07, 6.45) is 7.40. The lowest BCUT2D eigenvalue weighted by Crippen LogP contribution is -2.35. The number of nitrogens with one attached hydrogen (secondary N) is 1. The molecule has 24 heavy (non-hydrogen) atoms. The molecule has 0 spiro atoms. The average Bonchev–Trinajstić information content (AvgIpc) is 3.07. The maximum atomic E-state index is 12.3. The molecule has 0 radical (unpaired) electrons. The maximum absolute atomic E-state index is 12.3. The van der Waals surface area contributed by atoms with Crippen molar-refractivity contribution in [3.8, 4) is 6.07 Å². The maximum Gasteiger partial charge on any atom is 0.263 e. The van der Waals surface area contributed by atoms with Gasteiger partial charge in [0.25, 0.3) is 5.91 Å². The quantitative estimate of drug-likeness (QED) is 0.635. The van der Waals surface area contributed by atoms with Crippen LogP contribution in [0.3, 0.4) is 0 Å². The van der Waals surface area contributed by atoms with Gasteiger partial charge in [-0.05, 0) is 42.9 Å². The van der Waals surface area contributed by atoms with E-state index in [0.29, 0.717) is 18.0 Å². The number of carbonyl (C=O) groups excluding carboxylic acids is 1. The van der Waals surface area contributed by atoms with Gasteiger partial charge in [-0.1, -0.05) is 20.8 Å². The monoisotopic (exact) mass is 331 g/mol. The fourth-order valence-electron chi connectivity index (χ4n) is 5.07.